The Labute approximate surface area is 97.4 Å². The van der Waals surface area contributed by atoms with Crippen molar-refractivity contribution in [3.63, 3.8) is 0 Å². The summed E-state index contributed by atoms with van der Waals surface area (Å²) in [7, 11) is 2.07. The fourth-order valence-corrected chi connectivity index (χ4v) is 1.72. The molecule has 1 radical (unpaired) electrons. The molecule has 1 saturated heterocycles. The smallest absolute Gasteiger partial charge is 0.320 e. The molecule has 1 heterocycles. The molecule has 1 aliphatic rings. The average Bonchev–Trinajstić information content (AvgIpc) is 2.09. The van der Waals surface area contributed by atoms with Gasteiger partial charge in [-0.3, -0.25) is 9.69 Å². The first-order chi connectivity index (χ1) is 6.15. The van der Waals surface area contributed by atoms with Crippen LogP contribution >= 0.6 is 0 Å². The van der Waals surface area contributed by atoms with Crippen LogP contribution < -0.4 is 0 Å². The number of aliphatic carboxylic acids is 1. The van der Waals surface area contributed by atoms with E-state index in [0.717, 1.165) is 26.2 Å². The Morgan fingerprint density at radius 3 is 2.21 bits per heavy atom. The van der Waals surface area contributed by atoms with E-state index in [1.165, 1.54) is 0 Å². The summed E-state index contributed by atoms with van der Waals surface area (Å²) >= 11 is 0. The van der Waals surface area contributed by atoms with Crippen molar-refractivity contribution < 1.29 is 9.90 Å². The molecule has 0 amide bonds. The average molecular weight is 193 g/mol. The molecule has 0 saturated carbocycles. The summed E-state index contributed by atoms with van der Waals surface area (Å²) in [6.07, 6.45) is 0.693. The Kier molecular flexibility index (Phi) is 6.46. The number of hydrogen-bond donors (Lipinski definition) is 1. The number of likely N-dealkylation sites (N-methyl/N-ethyl adjacent to an activating group) is 1. The summed E-state index contributed by atoms with van der Waals surface area (Å²) in [4.78, 5) is 15.1. The Bertz CT molecular complexity index is 182. The zero-order chi connectivity index (χ0) is 9.84. The van der Waals surface area contributed by atoms with Gasteiger partial charge in [-0.2, -0.15) is 0 Å². The summed E-state index contributed by atoms with van der Waals surface area (Å²) in [5.41, 5.74) is 0. The van der Waals surface area contributed by atoms with Crippen LogP contribution in [0.3, 0.4) is 0 Å². The molecule has 1 rings (SSSR count). The maximum Gasteiger partial charge on any atom is 0.320 e. The molecule has 0 aromatic rings. The van der Waals surface area contributed by atoms with Crippen molar-refractivity contribution >= 4 is 24.8 Å². The van der Waals surface area contributed by atoms with Crippen molar-refractivity contribution in [2.45, 2.75) is 19.4 Å². The van der Waals surface area contributed by atoms with Gasteiger partial charge >= 0.3 is 5.97 Å². The minimum atomic E-state index is -0.688. The second kappa shape index (κ2) is 6.47. The van der Waals surface area contributed by atoms with E-state index in [1.807, 2.05) is 6.92 Å². The molecule has 1 fully saturated rings. The van der Waals surface area contributed by atoms with Gasteiger partial charge in [-0.05, 0) is 13.5 Å². The topological polar surface area (TPSA) is 43.8 Å². The van der Waals surface area contributed by atoms with Gasteiger partial charge in [-0.15, -0.1) is 0 Å². The molecule has 14 heavy (non-hydrogen) atoms. The van der Waals surface area contributed by atoms with Gasteiger partial charge in [0.15, 0.2) is 0 Å². The van der Waals surface area contributed by atoms with Crippen LogP contribution in [0.4, 0.5) is 0 Å². The molecular weight excluding hydrogens is 175 g/mol. The Hall–Kier alpha value is -0.0126. The number of hydrogen-bond acceptors (Lipinski definition) is 3. The summed E-state index contributed by atoms with van der Waals surface area (Å²) < 4.78 is 0. The number of carbonyl (C=O) groups is 1. The number of piperazine rings is 1. The molecule has 0 aromatic heterocycles. The Balaban J connectivity index is 0.00000169. The Morgan fingerprint density at radius 1 is 1.36 bits per heavy atom. The van der Waals surface area contributed by atoms with Crippen LogP contribution in [0, 0.1) is 0 Å². The van der Waals surface area contributed by atoms with E-state index in [9.17, 15) is 4.79 Å². The summed E-state index contributed by atoms with van der Waals surface area (Å²) in [5.74, 6) is -0.688. The van der Waals surface area contributed by atoms with Crippen molar-refractivity contribution in [1.29, 1.82) is 0 Å². The molecule has 1 aliphatic heterocycles. The summed E-state index contributed by atoms with van der Waals surface area (Å²) in [5, 5.41) is 8.94. The quantitative estimate of drug-likeness (QED) is 0.626. The number of rotatable bonds is 3. The molecule has 1 unspecified atom stereocenters. The second-order valence-corrected chi connectivity index (χ2v) is 3.60. The van der Waals surface area contributed by atoms with Gasteiger partial charge in [0.25, 0.3) is 0 Å². The largest absolute Gasteiger partial charge is 0.480 e. The van der Waals surface area contributed by atoms with E-state index in [4.69, 9.17) is 5.11 Å². The molecule has 0 aromatic carbocycles. The van der Waals surface area contributed by atoms with Crippen molar-refractivity contribution in [1.82, 2.24) is 9.80 Å². The predicted octanol–water partition coefficient (Wildman–Crippen LogP) is -0.284. The molecule has 1 N–H and O–H groups in total. The van der Waals surface area contributed by atoms with Gasteiger partial charge in [0.2, 0.25) is 0 Å². The Morgan fingerprint density at radius 2 is 1.86 bits per heavy atom. The summed E-state index contributed by atoms with van der Waals surface area (Å²) in [6, 6.07) is -0.284. The number of carboxylic acid groups (broad SMARTS) is 1. The van der Waals surface area contributed by atoms with Crippen LogP contribution in [0.1, 0.15) is 13.3 Å². The van der Waals surface area contributed by atoms with Crippen LogP contribution in [-0.4, -0.2) is 79.0 Å². The zero-order valence-corrected chi connectivity index (χ0v) is 9.36. The van der Waals surface area contributed by atoms with Crippen molar-refractivity contribution in [2.24, 2.45) is 0 Å². The van der Waals surface area contributed by atoms with E-state index >= 15 is 0 Å². The fourth-order valence-electron chi connectivity index (χ4n) is 1.72. The van der Waals surface area contributed by atoms with Crippen LogP contribution in [0.25, 0.3) is 0 Å². The van der Waals surface area contributed by atoms with Crippen LogP contribution in [-0.2, 0) is 4.79 Å². The normalized spacial score (nSPS) is 21.3. The monoisotopic (exact) mass is 193 g/mol. The molecule has 0 bridgehead atoms. The van der Waals surface area contributed by atoms with Crippen molar-refractivity contribution in [2.75, 3.05) is 33.2 Å². The molecule has 5 heteroatoms. The molecular formula is C9H18LiN2O2. The van der Waals surface area contributed by atoms with E-state index < -0.39 is 5.97 Å². The van der Waals surface area contributed by atoms with Gasteiger partial charge in [0.1, 0.15) is 6.04 Å². The standard InChI is InChI=1S/C9H18N2O2.Li/c1-3-8(9(12)13)11-6-4-10(2)5-7-11;/h8H,3-7H2,1-2H3,(H,12,13);. The molecule has 0 aliphatic carbocycles. The second-order valence-electron chi connectivity index (χ2n) is 3.60. The first-order valence-corrected chi connectivity index (χ1v) is 4.80. The molecule has 77 valence electrons. The SMILES string of the molecule is CCC(C(=O)O)N1CCN(C)CC1.[Li]. The molecule has 0 spiro atoms. The van der Waals surface area contributed by atoms with Crippen LogP contribution in [0.2, 0.25) is 0 Å². The van der Waals surface area contributed by atoms with Crippen LogP contribution in [0.15, 0.2) is 0 Å². The van der Waals surface area contributed by atoms with Crippen LogP contribution in [0.5, 0.6) is 0 Å². The number of carboxylic acids is 1. The first kappa shape index (κ1) is 14.0. The van der Waals surface area contributed by atoms with Gasteiger partial charge in [-0.1, -0.05) is 6.92 Å². The fraction of sp³-hybridized carbons (Fsp3) is 0.889. The van der Waals surface area contributed by atoms with E-state index in [0.29, 0.717) is 6.42 Å². The van der Waals surface area contributed by atoms with E-state index in [-0.39, 0.29) is 24.9 Å². The van der Waals surface area contributed by atoms with E-state index in [1.54, 1.807) is 0 Å². The van der Waals surface area contributed by atoms with E-state index in [2.05, 4.69) is 16.8 Å². The summed E-state index contributed by atoms with van der Waals surface area (Å²) in [6.45, 7) is 5.63. The number of nitrogens with zero attached hydrogens (tertiary/aromatic N) is 2. The van der Waals surface area contributed by atoms with Crippen molar-refractivity contribution in [3.05, 3.63) is 0 Å². The zero-order valence-electron chi connectivity index (χ0n) is 9.36. The van der Waals surface area contributed by atoms with Gasteiger partial charge in [-0.25, -0.2) is 0 Å². The minimum Gasteiger partial charge on any atom is -0.480 e. The van der Waals surface area contributed by atoms with Crippen molar-refractivity contribution in [3.8, 4) is 0 Å². The third-order valence-corrected chi connectivity index (χ3v) is 2.65. The molecule has 4 nitrogen and oxygen atoms in total. The predicted molar refractivity (Wildman–Crippen MR) is 56.5 cm³/mol. The van der Waals surface area contributed by atoms with Gasteiger partial charge < -0.3 is 10.0 Å². The minimum absolute atomic E-state index is 0. The maximum atomic E-state index is 10.9. The third-order valence-electron chi connectivity index (χ3n) is 2.65. The molecule has 1 atom stereocenters. The van der Waals surface area contributed by atoms with Gasteiger partial charge in [0.05, 0.1) is 0 Å². The van der Waals surface area contributed by atoms with Gasteiger partial charge in [0, 0.05) is 45.0 Å². The third kappa shape index (κ3) is 3.62. The first-order valence-electron chi connectivity index (χ1n) is 4.80. The maximum absolute atomic E-state index is 10.9.